The first-order chi connectivity index (χ1) is 13.7. The zero-order valence-electron chi connectivity index (χ0n) is 17.3. The number of amides is 1. The molecule has 1 aliphatic heterocycles. The van der Waals surface area contributed by atoms with E-state index in [1.165, 1.54) is 13.8 Å². The van der Waals surface area contributed by atoms with E-state index in [1.54, 1.807) is 6.92 Å². The summed E-state index contributed by atoms with van der Waals surface area (Å²) in [5.74, 6) is -2.83. The Labute approximate surface area is 171 Å². The highest BCUT2D eigenvalue weighted by Gasteiger charge is 2.76. The third-order valence-electron chi connectivity index (χ3n) is 5.87. The molecule has 6 atom stereocenters. The summed E-state index contributed by atoms with van der Waals surface area (Å²) in [6.45, 7) is 5.64. The number of unbranched alkanes of at least 4 members (excludes halogenated alkanes) is 2. The van der Waals surface area contributed by atoms with Gasteiger partial charge in [-0.1, -0.05) is 12.2 Å². The first kappa shape index (κ1) is 21.9. The first-order valence-electron chi connectivity index (χ1n) is 10.3. The fraction of sp³-hybridized carbons (Fsp3) is 0.762. The zero-order chi connectivity index (χ0) is 21.2. The quantitative estimate of drug-likeness (QED) is 0.123. The molecule has 1 heterocycles. The van der Waals surface area contributed by atoms with Crippen LogP contribution in [0.5, 0.6) is 0 Å². The van der Waals surface area contributed by atoms with Crippen LogP contribution in [0.15, 0.2) is 12.2 Å². The van der Waals surface area contributed by atoms with E-state index in [2.05, 4.69) is 5.32 Å². The molecule has 1 saturated carbocycles. The van der Waals surface area contributed by atoms with Crippen LogP contribution in [0.4, 0.5) is 0 Å². The molecule has 3 rings (SSSR count). The topological polar surface area (TPSA) is 114 Å². The van der Waals surface area contributed by atoms with Crippen molar-refractivity contribution in [3.05, 3.63) is 12.2 Å². The van der Waals surface area contributed by atoms with E-state index in [0.717, 1.165) is 19.1 Å². The lowest BCUT2D eigenvalue weighted by Crippen LogP contribution is -2.42. The second-order valence-corrected chi connectivity index (χ2v) is 8.69. The fourth-order valence-corrected chi connectivity index (χ4v) is 4.13. The van der Waals surface area contributed by atoms with Crippen LogP contribution in [0.3, 0.4) is 0 Å². The van der Waals surface area contributed by atoms with E-state index in [1.807, 2.05) is 12.2 Å². The molecule has 8 nitrogen and oxygen atoms in total. The molecular weight excluding hydrogens is 378 g/mol. The van der Waals surface area contributed by atoms with Crippen molar-refractivity contribution >= 4 is 18.2 Å². The van der Waals surface area contributed by atoms with E-state index in [9.17, 15) is 19.5 Å². The molecule has 1 saturated heterocycles. The molecule has 0 aromatic carbocycles. The predicted molar refractivity (Wildman–Crippen MR) is 103 cm³/mol. The molecule has 162 valence electrons. The highest BCUT2D eigenvalue weighted by molar-refractivity contribution is 5.85. The number of aldehydes is 1. The molecule has 2 aliphatic carbocycles. The van der Waals surface area contributed by atoms with Crippen molar-refractivity contribution in [1.82, 2.24) is 5.32 Å². The Morgan fingerprint density at radius 1 is 1.34 bits per heavy atom. The molecule has 0 aromatic heterocycles. The number of carbonyl (C=O) groups is 3. The molecular formula is C21H31NO7. The van der Waals surface area contributed by atoms with E-state index in [4.69, 9.17) is 14.2 Å². The summed E-state index contributed by atoms with van der Waals surface area (Å²) in [6.07, 6.45) is 6.93. The van der Waals surface area contributed by atoms with Gasteiger partial charge in [-0.3, -0.25) is 9.59 Å². The number of esters is 1. The molecule has 3 aliphatic rings. The molecule has 1 spiro atoms. The highest BCUT2D eigenvalue weighted by Crippen LogP contribution is 2.64. The van der Waals surface area contributed by atoms with Crippen molar-refractivity contribution in [2.24, 2.45) is 23.7 Å². The van der Waals surface area contributed by atoms with Crippen molar-refractivity contribution in [3.8, 4) is 0 Å². The van der Waals surface area contributed by atoms with Crippen molar-refractivity contribution in [3.63, 3.8) is 0 Å². The Morgan fingerprint density at radius 3 is 2.72 bits per heavy atom. The molecule has 0 aromatic rings. The van der Waals surface area contributed by atoms with Crippen LogP contribution in [0.25, 0.3) is 0 Å². The van der Waals surface area contributed by atoms with Crippen LogP contribution in [-0.4, -0.2) is 60.5 Å². The Morgan fingerprint density at radius 2 is 2.10 bits per heavy atom. The molecule has 29 heavy (non-hydrogen) atoms. The lowest BCUT2D eigenvalue weighted by molar-refractivity contribution is -0.188. The average Bonchev–Trinajstić information content (AvgIpc) is 3.37. The molecule has 1 amide bonds. The van der Waals surface area contributed by atoms with E-state index < -0.39 is 11.7 Å². The van der Waals surface area contributed by atoms with Gasteiger partial charge in [-0.2, -0.15) is 0 Å². The van der Waals surface area contributed by atoms with Gasteiger partial charge in [0.1, 0.15) is 18.0 Å². The summed E-state index contributed by atoms with van der Waals surface area (Å²) in [5, 5.41) is 12.4. The van der Waals surface area contributed by atoms with Gasteiger partial charge >= 0.3 is 5.97 Å². The summed E-state index contributed by atoms with van der Waals surface area (Å²) in [6, 6.07) is 0. The van der Waals surface area contributed by atoms with Crippen LogP contribution in [0.2, 0.25) is 0 Å². The van der Waals surface area contributed by atoms with Gasteiger partial charge in [0.15, 0.2) is 5.79 Å². The SMILES string of the molecule is CC(COC(C)(C)O)C(=O)OCCCCCNC(=O)C1C(C=O)C2OC23C=CC13. The van der Waals surface area contributed by atoms with Gasteiger partial charge in [-0.25, -0.2) is 0 Å². The van der Waals surface area contributed by atoms with E-state index in [0.29, 0.717) is 19.6 Å². The summed E-state index contributed by atoms with van der Waals surface area (Å²) < 4.78 is 16.0. The summed E-state index contributed by atoms with van der Waals surface area (Å²) >= 11 is 0. The molecule has 8 heteroatoms. The van der Waals surface area contributed by atoms with Gasteiger partial charge in [0.2, 0.25) is 5.91 Å². The highest BCUT2D eigenvalue weighted by atomic mass is 16.6. The monoisotopic (exact) mass is 409 g/mol. The minimum Gasteiger partial charge on any atom is -0.465 e. The smallest absolute Gasteiger partial charge is 0.310 e. The Kier molecular flexibility index (Phi) is 6.45. The van der Waals surface area contributed by atoms with Crippen molar-refractivity contribution in [2.75, 3.05) is 19.8 Å². The van der Waals surface area contributed by atoms with Crippen LogP contribution in [0, 0.1) is 23.7 Å². The third-order valence-corrected chi connectivity index (χ3v) is 5.87. The van der Waals surface area contributed by atoms with Crippen LogP contribution >= 0.6 is 0 Å². The number of ether oxygens (including phenoxy) is 3. The van der Waals surface area contributed by atoms with Gasteiger partial charge in [-0.05, 0) is 40.0 Å². The van der Waals surface area contributed by atoms with E-state index in [-0.39, 0.29) is 47.9 Å². The standard InChI is InChI=1S/C21H31NO7/c1-13(12-28-20(2,3)26)19(25)27-10-6-4-5-9-22-18(24)16-14(11-23)17-21(29-17)8-7-15(16)21/h7-8,11,13-17,26H,4-6,9-10,12H2,1-3H3,(H,22,24). The molecule has 2 fully saturated rings. The molecule has 0 bridgehead atoms. The largest absolute Gasteiger partial charge is 0.465 e. The number of epoxide rings is 1. The van der Waals surface area contributed by atoms with Crippen LogP contribution in [0.1, 0.15) is 40.0 Å². The first-order valence-corrected chi connectivity index (χ1v) is 10.3. The maximum atomic E-state index is 12.5. The van der Waals surface area contributed by atoms with Crippen LogP contribution < -0.4 is 5.32 Å². The maximum Gasteiger partial charge on any atom is 0.310 e. The lowest BCUT2D eigenvalue weighted by atomic mass is 9.77. The number of aliphatic hydroxyl groups is 1. The normalized spacial score (nSPS) is 32.6. The second-order valence-electron chi connectivity index (χ2n) is 8.69. The maximum absolute atomic E-state index is 12.5. The van der Waals surface area contributed by atoms with Crippen LogP contribution in [-0.2, 0) is 28.6 Å². The van der Waals surface area contributed by atoms with Gasteiger partial charge in [0.25, 0.3) is 0 Å². The summed E-state index contributed by atoms with van der Waals surface area (Å²) in [4.78, 5) is 35.7. The molecule has 0 radical (unpaired) electrons. The van der Waals surface area contributed by atoms with Gasteiger partial charge in [0, 0.05) is 12.5 Å². The van der Waals surface area contributed by atoms with Gasteiger partial charge in [0.05, 0.1) is 31.0 Å². The summed E-state index contributed by atoms with van der Waals surface area (Å²) in [7, 11) is 0. The van der Waals surface area contributed by atoms with Crippen molar-refractivity contribution < 1.29 is 33.7 Å². The lowest BCUT2D eigenvalue weighted by Gasteiger charge is -2.29. The fourth-order valence-electron chi connectivity index (χ4n) is 4.13. The number of rotatable bonds is 12. The van der Waals surface area contributed by atoms with Gasteiger partial charge < -0.3 is 29.4 Å². The predicted octanol–water partition coefficient (Wildman–Crippen LogP) is 0.966. The third kappa shape index (κ3) is 4.70. The molecule has 6 unspecified atom stereocenters. The Bertz CT molecular complexity index is 670. The average molecular weight is 409 g/mol. The second kappa shape index (κ2) is 8.53. The Hall–Kier alpha value is -1.77. The number of hydrogen-bond acceptors (Lipinski definition) is 7. The van der Waals surface area contributed by atoms with E-state index >= 15 is 0 Å². The summed E-state index contributed by atoms with van der Waals surface area (Å²) in [5.41, 5.74) is -0.341. The van der Waals surface area contributed by atoms with Crippen molar-refractivity contribution in [2.45, 2.75) is 57.5 Å². The number of hydrogen-bond donors (Lipinski definition) is 2. The Balaban J connectivity index is 1.24. The molecule has 2 N–H and O–H groups in total. The minimum atomic E-state index is -1.27. The van der Waals surface area contributed by atoms with Gasteiger partial charge in [-0.15, -0.1) is 0 Å². The van der Waals surface area contributed by atoms with Crippen molar-refractivity contribution in [1.29, 1.82) is 0 Å². The minimum absolute atomic E-state index is 0.0180. The number of nitrogens with one attached hydrogen (secondary N) is 1. The number of carbonyl (C=O) groups excluding carboxylic acids is 3. The zero-order valence-corrected chi connectivity index (χ0v) is 17.3.